The summed E-state index contributed by atoms with van der Waals surface area (Å²) in [4.78, 5) is 0. The SMILES string of the molecule is C=C(CCO)CCC#C[Si](C)(C)C. The van der Waals surface area contributed by atoms with Gasteiger partial charge < -0.3 is 5.11 Å². The van der Waals surface area contributed by atoms with E-state index in [1.807, 2.05) is 0 Å². The van der Waals surface area contributed by atoms with Crippen molar-refractivity contribution in [2.24, 2.45) is 0 Å². The van der Waals surface area contributed by atoms with Crippen molar-refractivity contribution in [3.05, 3.63) is 12.2 Å². The number of aliphatic hydroxyl groups is 1. The maximum atomic E-state index is 8.63. The van der Waals surface area contributed by atoms with E-state index in [-0.39, 0.29) is 6.61 Å². The van der Waals surface area contributed by atoms with E-state index in [9.17, 15) is 0 Å². The standard InChI is InChI=1S/C11H20OSi/c1-11(8-9-12)7-5-6-10-13(2,3)4/h12H,1,5,7-9H2,2-4H3. The summed E-state index contributed by atoms with van der Waals surface area (Å²) in [5, 5.41) is 8.63. The average Bonchev–Trinajstić information content (AvgIpc) is 1.97. The van der Waals surface area contributed by atoms with Gasteiger partial charge in [-0.1, -0.05) is 31.8 Å². The maximum Gasteiger partial charge on any atom is 0.129 e. The maximum absolute atomic E-state index is 8.63. The summed E-state index contributed by atoms with van der Waals surface area (Å²) in [5.41, 5.74) is 4.41. The van der Waals surface area contributed by atoms with Gasteiger partial charge in [-0.05, 0) is 12.8 Å². The van der Waals surface area contributed by atoms with Crippen LogP contribution in [0.25, 0.3) is 0 Å². The smallest absolute Gasteiger partial charge is 0.129 e. The molecule has 0 saturated carbocycles. The third-order valence-corrected chi connectivity index (χ3v) is 2.46. The lowest BCUT2D eigenvalue weighted by molar-refractivity contribution is 0.298. The second-order valence-electron chi connectivity index (χ2n) is 4.28. The van der Waals surface area contributed by atoms with Gasteiger partial charge in [-0.15, -0.1) is 11.5 Å². The first kappa shape index (κ1) is 12.5. The summed E-state index contributed by atoms with van der Waals surface area (Å²) in [7, 11) is -1.19. The van der Waals surface area contributed by atoms with Crippen LogP contribution >= 0.6 is 0 Å². The lowest BCUT2D eigenvalue weighted by Crippen LogP contribution is -2.16. The molecule has 0 amide bonds. The van der Waals surface area contributed by atoms with Gasteiger partial charge in [0.15, 0.2) is 0 Å². The van der Waals surface area contributed by atoms with Gasteiger partial charge in [-0.2, -0.15) is 0 Å². The zero-order chi connectivity index (χ0) is 10.3. The van der Waals surface area contributed by atoms with E-state index >= 15 is 0 Å². The fourth-order valence-corrected chi connectivity index (χ4v) is 1.51. The first-order valence-corrected chi connectivity index (χ1v) is 8.23. The predicted octanol–water partition coefficient (Wildman–Crippen LogP) is 2.59. The normalized spacial score (nSPS) is 10.5. The summed E-state index contributed by atoms with van der Waals surface area (Å²) in [5.74, 6) is 3.18. The van der Waals surface area contributed by atoms with Crippen molar-refractivity contribution >= 4 is 8.07 Å². The monoisotopic (exact) mass is 196 g/mol. The van der Waals surface area contributed by atoms with E-state index in [0.29, 0.717) is 6.42 Å². The molecular weight excluding hydrogens is 176 g/mol. The number of aliphatic hydroxyl groups excluding tert-OH is 1. The van der Waals surface area contributed by atoms with Gasteiger partial charge in [0, 0.05) is 13.0 Å². The second kappa shape index (κ2) is 6.01. The molecule has 1 N–H and O–H groups in total. The molecule has 0 aliphatic heterocycles. The summed E-state index contributed by atoms with van der Waals surface area (Å²) in [6, 6.07) is 0. The molecule has 0 aromatic carbocycles. The molecule has 0 rings (SSSR count). The summed E-state index contributed by atoms with van der Waals surface area (Å²) < 4.78 is 0. The van der Waals surface area contributed by atoms with Crippen molar-refractivity contribution in [1.29, 1.82) is 0 Å². The first-order chi connectivity index (χ1) is 5.95. The third-order valence-electron chi connectivity index (χ3n) is 1.53. The van der Waals surface area contributed by atoms with Gasteiger partial charge in [-0.25, -0.2) is 0 Å². The average molecular weight is 196 g/mol. The highest BCUT2D eigenvalue weighted by atomic mass is 28.3. The molecule has 2 heteroatoms. The van der Waals surface area contributed by atoms with Gasteiger partial charge in [0.1, 0.15) is 8.07 Å². The van der Waals surface area contributed by atoms with E-state index in [1.165, 1.54) is 0 Å². The molecule has 0 heterocycles. The van der Waals surface area contributed by atoms with Crippen LogP contribution in [0.1, 0.15) is 19.3 Å². The Morgan fingerprint density at radius 1 is 1.31 bits per heavy atom. The van der Waals surface area contributed by atoms with E-state index in [0.717, 1.165) is 18.4 Å². The third kappa shape index (κ3) is 9.39. The van der Waals surface area contributed by atoms with Gasteiger partial charge in [-0.3, -0.25) is 0 Å². The Morgan fingerprint density at radius 3 is 2.38 bits per heavy atom. The van der Waals surface area contributed by atoms with Crippen LogP contribution < -0.4 is 0 Å². The Balaban J connectivity index is 3.65. The van der Waals surface area contributed by atoms with Crippen LogP contribution in [0.3, 0.4) is 0 Å². The van der Waals surface area contributed by atoms with Gasteiger partial charge in [0.25, 0.3) is 0 Å². The minimum absolute atomic E-state index is 0.209. The van der Waals surface area contributed by atoms with Crippen molar-refractivity contribution in [1.82, 2.24) is 0 Å². The summed E-state index contributed by atoms with van der Waals surface area (Å²) in [6.45, 7) is 10.8. The van der Waals surface area contributed by atoms with Crippen LogP contribution in [-0.2, 0) is 0 Å². The molecule has 13 heavy (non-hydrogen) atoms. The lowest BCUT2D eigenvalue weighted by Gasteiger charge is -2.03. The van der Waals surface area contributed by atoms with Crippen LogP contribution in [0.4, 0.5) is 0 Å². The highest BCUT2D eigenvalue weighted by Crippen LogP contribution is 2.05. The zero-order valence-corrected chi connectivity index (χ0v) is 9.98. The van der Waals surface area contributed by atoms with Gasteiger partial charge >= 0.3 is 0 Å². The molecule has 0 fully saturated rings. The topological polar surface area (TPSA) is 20.2 Å². The molecule has 0 bridgehead atoms. The van der Waals surface area contributed by atoms with Crippen molar-refractivity contribution in [2.45, 2.75) is 38.9 Å². The largest absolute Gasteiger partial charge is 0.396 e. The molecule has 0 radical (unpaired) electrons. The van der Waals surface area contributed by atoms with Crippen molar-refractivity contribution in [3.8, 4) is 11.5 Å². The van der Waals surface area contributed by atoms with Gasteiger partial charge in [0.2, 0.25) is 0 Å². The van der Waals surface area contributed by atoms with Crippen molar-refractivity contribution < 1.29 is 5.11 Å². The molecule has 1 nitrogen and oxygen atoms in total. The Kier molecular flexibility index (Phi) is 5.77. The molecule has 0 aliphatic carbocycles. The molecule has 0 spiro atoms. The van der Waals surface area contributed by atoms with Crippen LogP contribution in [0.5, 0.6) is 0 Å². The van der Waals surface area contributed by atoms with Crippen LogP contribution in [0.15, 0.2) is 12.2 Å². The van der Waals surface area contributed by atoms with Gasteiger partial charge in [0.05, 0.1) is 0 Å². The molecular formula is C11H20OSi. The molecule has 0 aliphatic rings. The lowest BCUT2D eigenvalue weighted by atomic mass is 10.1. The molecule has 0 aromatic heterocycles. The molecule has 0 unspecified atom stereocenters. The van der Waals surface area contributed by atoms with Crippen LogP contribution in [0, 0.1) is 11.5 Å². The minimum Gasteiger partial charge on any atom is -0.396 e. The Morgan fingerprint density at radius 2 is 1.92 bits per heavy atom. The van der Waals surface area contributed by atoms with E-state index in [1.54, 1.807) is 0 Å². The van der Waals surface area contributed by atoms with Crippen LogP contribution in [-0.4, -0.2) is 19.8 Å². The fraction of sp³-hybridized carbons (Fsp3) is 0.636. The van der Waals surface area contributed by atoms with Crippen molar-refractivity contribution in [3.63, 3.8) is 0 Å². The molecule has 0 saturated heterocycles. The predicted molar refractivity (Wildman–Crippen MR) is 61.2 cm³/mol. The van der Waals surface area contributed by atoms with E-state index in [4.69, 9.17) is 5.11 Å². The molecule has 0 aromatic rings. The number of hydrogen-bond acceptors (Lipinski definition) is 1. The van der Waals surface area contributed by atoms with Crippen LogP contribution in [0.2, 0.25) is 19.6 Å². The van der Waals surface area contributed by atoms with E-state index in [2.05, 4.69) is 37.7 Å². The Labute approximate surface area is 82.9 Å². The molecule has 74 valence electrons. The highest BCUT2D eigenvalue weighted by molar-refractivity contribution is 6.83. The number of hydrogen-bond donors (Lipinski definition) is 1. The Bertz CT molecular complexity index is 214. The second-order valence-corrected chi connectivity index (χ2v) is 9.03. The van der Waals surface area contributed by atoms with Crippen molar-refractivity contribution in [2.75, 3.05) is 6.61 Å². The number of rotatable bonds is 4. The summed E-state index contributed by atoms with van der Waals surface area (Å²) in [6.07, 6.45) is 2.54. The minimum atomic E-state index is -1.19. The Hall–Kier alpha value is -0.523. The fourth-order valence-electron chi connectivity index (χ4n) is 0.850. The molecule has 0 atom stereocenters. The van der Waals surface area contributed by atoms with E-state index < -0.39 is 8.07 Å². The highest BCUT2D eigenvalue weighted by Gasteiger charge is 2.06. The zero-order valence-electron chi connectivity index (χ0n) is 8.98. The summed E-state index contributed by atoms with van der Waals surface area (Å²) >= 11 is 0. The quantitative estimate of drug-likeness (QED) is 0.416. The first-order valence-electron chi connectivity index (χ1n) is 4.73.